The summed E-state index contributed by atoms with van der Waals surface area (Å²) in [5.74, 6) is 0.917. The Kier molecular flexibility index (Phi) is 4.08. The second kappa shape index (κ2) is 5.55. The molecule has 0 aromatic heterocycles. The fourth-order valence-corrected chi connectivity index (χ4v) is 2.26. The van der Waals surface area contributed by atoms with Crippen molar-refractivity contribution in [3.63, 3.8) is 0 Å². The van der Waals surface area contributed by atoms with Gasteiger partial charge in [0.2, 0.25) is 0 Å². The molecule has 88 valence electrons. The van der Waals surface area contributed by atoms with Crippen LogP contribution in [-0.4, -0.2) is 18.6 Å². The van der Waals surface area contributed by atoms with Crippen LogP contribution in [0.5, 0.6) is 5.75 Å². The van der Waals surface area contributed by atoms with Crippen LogP contribution >= 0.6 is 11.6 Å². The zero-order chi connectivity index (χ0) is 11.4. The Balaban J connectivity index is 2.17. The van der Waals surface area contributed by atoms with Crippen LogP contribution in [0.15, 0.2) is 24.3 Å². The van der Waals surface area contributed by atoms with Crippen LogP contribution in [0.3, 0.4) is 0 Å². The van der Waals surface area contributed by atoms with E-state index in [4.69, 9.17) is 21.1 Å². The molecule has 2 atom stereocenters. The van der Waals surface area contributed by atoms with Gasteiger partial charge < -0.3 is 9.47 Å². The Labute approximate surface area is 102 Å². The van der Waals surface area contributed by atoms with Crippen molar-refractivity contribution >= 4 is 11.6 Å². The fourth-order valence-electron chi connectivity index (χ4n) is 2.01. The Hall–Kier alpha value is -0.730. The summed E-state index contributed by atoms with van der Waals surface area (Å²) in [6.45, 7) is 3.40. The smallest absolute Gasteiger partial charge is 0.125 e. The zero-order valence-corrected chi connectivity index (χ0v) is 10.2. The second-order valence-corrected chi connectivity index (χ2v) is 4.57. The highest BCUT2D eigenvalue weighted by Crippen LogP contribution is 2.35. The Morgan fingerprint density at radius 1 is 1.44 bits per heavy atom. The van der Waals surface area contributed by atoms with Crippen LogP contribution in [-0.2, 0) is 4.74 Å². The minimum Gasteiger partial charge on any atom is -0.493 e. The molecule has 0 spiro atoms. The van der Waals surface area contributed by atoms with Crippen molar-refractivity contribution in [2.45, 2.75) is 31.2 Å². The molecule has 0 aliphatic carbocycles. The number of alkyl halides is 1. The molecule has 1 aliphatic rings. The van der Waals surface area contributed by atoms with Crippen molar-refractivity contribution < 1.29 is 9.47 Å². The number of para-hydroxylation sites is 1. The van der Waals surface area contributed by atoms with Gasteiger partial charge in [0.05, 0.1) is 12.7 Å². The number of halogens is 1. The minimum absolute atomic E-state index is 0.0824. The van der Waals surface area contributed by atoms with Crippen LogP contribution in [0, 0.1) is 0 Å². The zero-order valence-electron chi connectivity index (χ0n) is 9.49. The highest BCUT2D eigenvalue weighted by atomic mass is 35.5. The van der Waals surface area contributed by atoms with Crippen LogP contribution in [0.25, 0.3) is 0 Å². The lowest BCUT2D eigenvalue weighted by molar-refractivity contribution is 0.0152. The molecule has 0 N–H and O–H groups in total. The molecule has 2 unspecified atom stereocenters. The van der Waals surface area contributed by atoms with E-state index in [1.807, 2.05) is 25.1 Å². The van der Waals surface area contributed by atoms with Gasteiger partial charge in [-0.2, -0.15) is 0 Å². The van der Waals surface area contributed by atoms with Crippen LogP contribution in [0.4, 0.5) is 0 Å². The average Bonchev–Trinajstić information content (AvgIpc) is 2.30. The van der Waals surface area contributed by atoms with Gasteiger partial charge in [0.15, 0.2) is 0 Å². The van der Waals surface area contributed by atoms with Crippen LogP contribution in [0.1, 0.15) is 31.4 Å². The predicted molar refractivity (Wildman–Crippen MR) is 65.2 cm³/mol. The molecule has 3 heteroatoms. The maximum absolute atomic E-state index is 6.17. The lowest BCUT2D eigenvalue weighted by atomic mass is 10.0. The van der Waals surface area contributed by atoms with Gasteiger partial charge >= 0.3 is 0 Å². The number of rotatable bonds is 3. The Morgan fingerprint density at radius 3 is 3.00 bits per heavy atom. The van der Waals surface area contributed by atoms with E-state index in [9.17, 15) is 0 Å². The van der Waals surface area contributed by atoms with Crippen molar-refractivity contribution in [1.82, 2.24) is 0 Å². The molecule has 0 saturated carbocycles. The number of hydrogen-bond acceptors (Lipinski definition) is 2. The van der Waals surface area contributed by atoms with E-state index in [1.165, 1.54) is 0 Å². The van der Waals surface area contributed by atoms with Crippen LogP contribution in [0.2, 0.25) is 0 Å². The minimum atomic E-state index is 0.0824. The molecule has 2 rings (SSSR count). The molecule has 0 radical (unpaired) electrons. The van der Waals surface area contributed by atoms with E-state index in [0.717, 1.165) is 30.8 Å². The summed E-state index contributed by atoms with van der Waals surface area (Å²) in [6, 6.07) is 8.04. The van der Waals surface area contributed by atoms with E-state index >= 15 is 0 Å². The third-order valence-corrected chi connectivity index (χ3v) is 3.18. The summed E-state index contributed by atoms with van der Waals surface area (Å²) in [6.07, 6.45) is 1.89. The van der Waals surface area contributed by atoms with Crippen molar-refractivity contribution in [3.8, 4) is 5.75 Å². The molecule has 2 nitrogen and oxygen atoms in total. The number of benzene rings is 1. The summed E-state index contributed by atoms with van der Waals surface area (Å²) < 4.78 is 11.4. The molecule has 16 heavy (non-hydrogen) atoms. The third-order valence-electron chi connectivity index (χ3n) is 2.79. The van der Waals surface area contributed by atoms with Gasteiger partial charge in [-0.05, 0) is 25.8 Å². The van der Waals surface area contributed by atoms with Crippen molar-refractivity contribution in [2.24, 2.45) is 0 Å². The Morgan fingerprint density at radius 2 is 2.25 bits per heavy atom. The summed E-state index contributed by atoms with van der Waals surface area (Å²) in [4.78, 5) is 0. The first kappa shape index (κ1) is 11.7. The normalized spacial score (nSPS) is 25.4. The monoisotopic (exact) mass is 240 g/mol. The lowest BCUT2D eigenvalue weighted by Gasteiger charge is -2.27. The first-order valence-electron chi connectivity index (χ1n) is 5.78. The van der Waals surface area contributed by atoms with E-state index < -0.39 is 0 Å². The maximum Gasteiger partial charge on any atom is 0.125 e. The van der Waals surface area contributed by atoms with Gasteiger partial charge in [0.1, 0.15) is 5.75 Å². The SMILES string of the molecule is CCOc1ccccc1C1CC(Cl)CCO1. The predicted octanol–water partition coefficient (Wildman–Crippen LogP) is 3.54. The first-order valence-corrected chi connectivity index (χ1v) is 6.22. The quantitative estimate of drug-likeness (QED) is 0.753. The standard InChI is InChI=1S/C13H17ClO2/c1-2-15-12-6-4-3-5-11(12)13-9-10(14)7-8-16-13/h3-6,10,13H,2,7-9H2,1H3. The van der Waals surface area contributed by atoms with Gasteiger partial charge in [-0.15, -0.1) is 11.6 Å². The number of ether oxygens (including phenoxy) is 2. The van der Waals surface area contributed by atoms with Gasteiger partial charge in [-0.1, -0.05) is 18.2 Å². The molecule has 1 aliphatic heterocycles. The summed E-state index contributed by atoms with van der Waals surface area (Å²) >= 11 is 6.17. The molecule has 1 fully saturated rings. The van der Waals surface area contributed by atoms with Gasteiger partial charge in [0, 0.05) is 17.5 Å². The van der Waals surface area contributed by atoms with Gasteiger partial charge in [-0.3, -0.25) is 0 Å². The highest BCUT2D eigenvalue weighted by molar-refractivity contribution is 6.20. The first-order chi connectivity index (χ1) is 7.81. The van der Waals surface area contributed by atoms with Gasteiger partial charge in [0.25, 0.3) is 0 Å². The van der Waals surface area contributed by atoms with E-state index in [0.29, 0.717) is 6.61 Å². The molecular formula is C13H17ClO2. The third kappa shape index (κ3) is 2.69. The van der Waals surface area contributed by atoms with E-state index in [2.05, 4.69) is 6.07 Å². The van der Waals surface area contributed by atoms with Crippen molar-refractivity contribution in [1.29, 1.82) is 0 Å². The van der Waals surface area contributed by atoms with Crippen molar-refractivity contribution in [3.05, 3.63) is 29.8 Å². The molecule has 1 heterocycles. The Bertz CT molecular complexity index is 340. The second-order valence-electron chi connectivity index (χ2n) is 3.95. The largest absolute Gasteiger partial charge is 0.493 e. The summed E-state index contributed by atoms with van der Waals surface area (Å²) in [5, 5.41) is 0.216. The molecule has 1 aromatic carbocycles. The number of hydrogen-bond donors (Lipinski definition) is 0. The van der Waals surface area contributed by atoms with Crippen LogP contribution < -0.4 is 4.74 Å². The summed E-state index contributed by atoms with van der Waals surface area (Å²) in [7, 11) is 0. The molecule has 1 aromatic rings. The average molecular weight is 241 g/mol. The van der Waals surface area contributed by atoms with Crippen molar-refractivity contribution in [2.75, 3.05) is 13.2 Å². The molecule has 1 saturated heterocycles. The molecular weight excluding hydrogens is 224 g/mol. The topological polar surface area (TPSA) is 18.5 Å². The van der Waals surface area contributed by atoms with E-state index in [-0.39, 0.29) is 11.5 Å². The lowest BCUT2D eigenvalue weighted by Crippen LogP contribution is -2.20. The fraction of sp³-hybridized carbons (Fsp3) is 0.538. The highest BCUT2D eigenvalue weighted by Gasteiger charge is 2.24. The summed E-state index contributed by atoms with van der Waals surface area (Å²) in [5.41, 5.74) is 1.12. The maximum atomic E-state index is 6.17. The molecule has 0 bridgehead atoms. The van der Waals surface area contributed by atoms with Gasteiger partial charge in [-0.25, -0.2) is 0 Å². The molecule has 0 amide bonds. The van der Waals surface area contributed by atoms with E-state index in [1.54, 1.807) is 0 Å².